The van der Waals surface area contributed by atoms with Gasteiger partial charge in [0.2, 0.25) is 11.8 Å². The highest BCUT2D eigenvalue weighted by Gasteiger charge is 2.79. The Morgan fingerprint density at radius 2 is 1.94 bits per heavy atom. The molecule has 3 saturated heterocycles. The molecule has 8 nitrogen and oxygen atoms in total. The van der Waals surface area contributed by atoms with Crippen LogP contribution in [0.1, 0.15) is 72.6 Å². The minimum atomic E-state index is -1.06. The summed E-state index contributed by atoms with van der Waals surface area (Å²) in [7, 11) is 0. The summed E-state index contributed by atoms with van der Waals surface area (Å²) in [4.78, 5) is 45.1. The molecule has 2 amide bonds. The highest BCUT2D eigenvalue weighted by molar-refractivity contribution is 5.98. The summed E-state index contributed by atoms with van der Waals surface area (Å²) < 4.78 is 12.4. The maximum absolute atomic E-state index is 14.3. The second-order valence-electron chi connectivity index (χ2n) is 11.3. The van der Waals surface area contributed by atoms with Gasteiger partial charge in [0.25, 0.3) is 0 Å². The number of hydrogen-bond donors (Lipinski definition) is 1. The molecule has 202 valence electrons. The van der Waals surface area contributed by atoms with Crippen LogP contribution in [-0.4, -0.2) is 81.8 Å². The molecule has 1 N–H and O–H groups in total. The number of carbonyl (C=O) groups is 3. The molecule has 5 atom stereocenters. The van der Waals surface area contributed by atoms with Crippen LogP contribution in [0.2, 0.25) is 0 Å². The Kier molecular flexibility index (Phi) is 8.71. The lowest BCUT2D eigenvalue weighted by Gasteiger charge is -2.42. The van der Waals surface area contributed by atoms with E-state index in [0.717, 1.165) is 6.42 Å². The SMILES string of the molecule is C=CCCOC(=O)[C@H]1[C@H]2C(=O)N(CCCCCO)C(C(=O)N(CC=C)C(C)(C)C)C23CC[C@]1(CC)O3. The van der Waals surface area contributed by atoms with Crippen molar-refractivity contribution < 1.29 is 29.0 Å². The first kappa shape index (κ1) is 28.4. The number of unbranched alkanes of at least 4 members (excludes halogenated alkanes) is 2. The quantitative estimate of drug-likeness (QED) is 0.235. The van der Waals surface area contributed by atoms with E-state index in [4.69, 9.17) is 9.47 Å². The second kappa shape index (κ2) is 11.1. The fraction of sp³-hybridized carbons (Fsp3) is 0.750. The summed E-state index contributed by atoms with van der Waals surface area (Å²) in [6, 6.07) is -0.817. The Morgan fingerprint density at radius 3 is 2.53 bits per heavy atom. The van der Waals surface area contributed by atoms with Crippen molar-refractivity contribution >= 4 is 17.8 Å². The van der Waals surface area contributed by atoms with Crippen molar-refractivity contribution in [3.63, 3.8) is 0 Å². The van der Waals surface area contributed by atoms with Crippen molar-refractivity contribution in [2.75, 3.05) is 26.3 Å². The third-order valence-electron chi connectivity index (χ3n) is 8.18. The first-order valence-corrected chi connectivity index (χ1v) is 13.4. The summed E-state index contributed by atoms with van der Waals surface area (Å²) in [5.74, 6) is -2.29. The number of carbonyl (C=O) groups excluding carboxylic acids is 3. The van der Waals surface area contributed by atoms with Gasteiger partial charge in [-0.05, 0) is 65.7 Å². The van der Waals surface area contributed by atoms with Crippen LogP contribution < -0.4 is 0 Å². The van der Waals surface area contributed by atoms with Crippen LogP contribution in [0.5, 0.6) is 0 Å². The van der Waals surface area contributed by atoms with Gasteiger partial charge in [-0.15, -0.1) is 13.2 Å². The lowest BCUT2D eigenvalue weighted by atomic mass is 9.65. The number of ether oxygens (including phenoxy) is 2. The van der Waals surface area contributed by atoms with E-state index in [0.29, 0.717) is 51.6 Å². The van der Waals surface area contributed by atoms with Crippen molar-refractivity contribution in [2.24, 2.45) is 11.8 Å². The van der Waals surface area contributed by atoms with E-state index in [1.807, 2.05) is 27.7 Å². The first-order valence-electron chi connectivity index (χ1n) is 13.4. The molecule has 0 saturated carbocycles. The largest absolute Gasteiger partial charge is 0.465 e. The molecule has 3 rings (SSSR count). The summed E-state index contributed by atoms with van der Waals surface area (Å²) >= 11 is 0. The summed E-state index contributed by atoms with van der Waals surface area (Å²) in [5.41, 5.74) is -2.36. The van der Waals surface area contributed by atoms with E-state index in [1.54, 1.807) is 22.0 Å². The number of likely N-dealkylation sites (tertiary alicyclic amines) is 1. The van der Waals surface area contributed by atoms with Gasteiger partial charge in [-0.1, -0.05) is 19.1 Å². The molecule has 0 aliphatic carbocycles. The van der Waals surface area contributed by atoms with Crippen LogP contribution in [0.4, 0.5) is 0 Å². The number of aliphatic hydroxyl groups excluding tert-OH is 1. The number of fused-ring (bicyclic) bond motifs is 1. The van der Waals surface area contributed by atoms with Crippen LogP contribution in [0.15, 0.2) is 25.3 Å². The van der Waals surface area contributed by atoms with Crippen LogP contribution in [0, 0.1) is 11.8 Å². The van der Waals surface area contributed by atoms with Gasteiger partial charge in [-0.25, -0.2) is 0 Å². The average Bonchev–Trinajstić information content (AvgIpc) is 3.43. The highest BCUT2D eigenvalue weighted by atomic mass is 16.6. The summed E-state index contributed by atoms with van der Waals surface area (Å²) in [5, 5.41) is 9.20. The molecule has 36 heavy (non-hydrogen) atoms. The van der Waals surface area contributed by atoms with Gasteiger partial charge >= 0.3 is 5.97 Å². The second-order valence-corrected chi connectivity index (χ2v) is 11.3. The van der Waals surface area contributed by atoms with Crippen molar-refractivity contribution in [2.45, 2.75) is 95.4 Å². The maximum Gasteiger partial charge on any atom is 0.312 e. The number of aliphatic hydroxyl groups is 1. The molecule has 0 aromatic rings. The Morgan fingerprint density at radius 1 is 1.22 bits per heavy atom. The molecule has 3 fully saturated rings. The number of amides is 2. The molecule has 8 heteroatoms. The van der Waals surface area contributed by atoms with E-state index < -0.39 is 40.6 Å². The zero-order chi connectivity index (χ0) is 26.7. The number of rotatable bonds is 13. The molecular formula is C28H44N2O6. The number of esters is 1. The van der Waals surface area contributed by atoms with Gasteiger partial charge in [-0.3, -0.25) is 14.4 Å². The minimum absolute atomic E-state index is 0.0841. The number of hydrogen-bond acceptors (Lipinski definition) is 6. The zero-order valence-electron chi connectivity index (χ0n) is 22.5. The summed E-state index contributed by atoms with van der Waals surface area (Å²) in [6.07, 6.45) is 7.65. The van der Waals surface area contributed by atoms with Crippen molar-refractivity contribution in [1.82, 2.24) is 9.80 Å². The third kappa shape index (κ3) is 4.74. The molecule has 0 aromatic heterocycles. The number of nitrogens with zero attached hydrogens (tertiary/aromatic N) is 2. The van der Waals surface area contributed by atoms with Crippen LogP contribution >= 0.6 is 0 Å². The zero-order valence-corrected chi connectivity index (χ0v) is 22.5. The highest BCUT2D eigenvalue weighted by Crippen LogP contribution is 2.64. The monoisotopic (exact) mass is 504 g/mol. The molecule has 2 unspecified atom stereocenters. The van der Waals surface area contributed by atoms with E-state index >= 15 is 0 Å². The molecule has 3 aliphatic rings. The van der Waals surface area contributed by atoms with E-state index in [2.05, 4.69) is 13.2 Å². The van der Waals surface area contributed by atoms with E-state index in [-0.39, 0.29) is 25.0 Å². The fourth-order valence-corrected chi connectivity index (χ4v) is 6.47. The standard InChI is InChI=1S/C28H44N2O6/c1-7-10-19-35-25(34)21-20-23(32)29(17-12-11-13-18-31)22(24(33)30(16-8-2)26(4,5)6)28(20)15-14-27(21,9-3)36-28/h7-8,20-22,31H,1-2,9-19H2,3-6H3/t20-,21+,22?,27-,28?/m0/s1. The van der Waals surface area contributed by atoms with Gasteiger partial charge < -0.3 is 24.4 Å². The fourth-order valence-electron chi connectivity index (χ4n) is 6.47. The van der Waals surface area contributed by atoms with Crippen molar-refractivity contribution in [3.05, 3.63) is 25.3 Å². The average molecular weight is 505 g/mol. The smallest absolute Gasteiger partial charge is 0.312 e. The topological polar surface area (TPSA) is 96.4 Å². The van der Waals surface area contributed by atoms with Gasteiger partial charge in [0.15, 0.2) is 0 Å². The Balaban J connectivity index is 2.04. The van der Waals surface area contributed by atoms with Crippen LogP contribution in [0.3, 0.4) is 0 Å². The van der Waals surface area contributed by atoms with Crippen LogP contribution in [-0.2, 0) is 23.9 Å². The van der Waals surface area contributed by atoms with E-state index in [1.165, 1.54) is 0 Å². The summed E-state index contributed by atoms with van der Waals surface area (Å²) in [6.45, 7) is 16.4. The van der Waals surface area contributed by atoms with Crippen molar-refractivity contribution in [1.29, 1.82) is 0 Å². The first-order chi connectivity index (χ1) is 17.0. The Bertz CT molecular complexity index is 867. The lowest BCUT2D eigenvalue weighted by Crippen LogP contribution is -2.60. The van der Waals surface area contributed by atoms with Gasteiger partial charge in [0.05, 0.1) is 18.1 Å². The molecule has 3 heterocycles. The van der Waals surface area contributed by atoms with Gasteiger partial charge in [-0.2, -0.15) is 0 Å². The molecule has 1 spiro atoms. The van der Waals surface area contributed by atoms with Gasteiger partial charge in [0.1, 0.15) is 17.6 Å². The van der Waals surface area contributed by atoms with E-state index in [9.17, 15) is 19.5 Å². The Labute approximate surface area is 215 Å². The van der Waals surface area contributed by atoms with Crippen LogP contribution in [0.25, 0.3) is 0 Å². The third-order valence-corrected chi connectivity index (χ3v) is 8.18. The van der Waals surface area contributed by atoms with Gasteiger partial charge in [0, 0.05) is 25.2 Å². The van der Waals surface area contributed by atoms with Crippen molar-refractivity contribution in [3.8, 4) is 0 Å². The molecule has 0 radical (unpaired) electrons. The Hall–Kier alpha value is -2.19. The molecule has 3 aliphatic heterocycles. The molecule has 0 aromatic carbocycles. The maximum atomic E-state index is 14.3. The molecule has 2 bridgehead atoms. The normalized spacial score (nSPS) is 30.9. The lowest BCUT2D eigenvalue weighted by molar-refractivity contribution is -0.162. The predicted octanol–water partition coefficient (Wildman–Crippen LogP) is 3.24. The molecular weight excluding hydrogens is 460 g/mol. The predicted molar refractivity (Wildman–Crippen MR) is 137 cm³/mol. The minimum Gasteiger partial charge on any atom is -0.465 e.